The fourth-order valence-corrected chi connectivity index (χ4v) is 4.79. The fraction of sp³-hybridized carbons (Fsp3) is 0.500. The SMILES string of the molecule is O[Si](O)(c1ccccc1)C1CCCCC1. The highest BCUT2D eigenvalue weighted by Gasteiger charge is 2.41. The predicted molar refractivity (Wildman–Crippen MR) is 63.1 cm³/mol. The maximum absolute atomic E-state index is 10.3. The highest BCUT2D eigenvalue weighted by atomic mass is 28.4. The zero-order valence-electron chi connectivity index (χ0n) is 8.89. The molecule has 3 heteroatoms. The Morgan fingerprint density at radius 3 is 2.13 bits per heavy atom. The molecule has 1 aliphatic carbocycles. The van der Waals surface area contributed by atoms with E-state index in [0.29, 0.717) is 0 Å². The second-order valence-corrected chi connectivity index (χ2v) is 7.27. The number of hydrogen-bond acceptors (Lipinski definition) is 2. The Kier molecular flexibility index (Phi) is 3.24. The van der Waals surface area contributed by atoms with E-state index in [4.69, 9.17) is 0 Å². The van der Waals surface area contributed by atoms with Crippen molar-refractivity contribution in [3.05, 3.63) is 30.3 Å². The van der Waals surface area contributed by atoms with Gasteiger partial charge in [0.1, 0.15) is 0 Å². The van der Waals surface area contributed by atoms with Crippen molar-refractivity contribution in [2.24, 2.45) is 0 Å². The lowest BCUT2D eigenvalue weighted by atomic mass is 10.0. The van der Waals surface area contributed by atoms with Crippen molar-refractivity contribution in [3.8, 4) is 0 Å². The lowest BCUT2D eigenvalue weighted by molar-refractivity contribution is 0.328. The second kappa shape index (κ2) is 4.47. The molecule has 0 aromatic heterocycles. The molecule has 0 radical (unpaired) electrons. The molecule has 1 aromatic rings. The molecule has 0 aliphatic heterocycles. The van der Waals surface area contributed by atoms with Crippen LogP contribution < -0.4 is 5.19 Å². The summed E-state index contributed by atoms with van der Waals surface area (Å²) in [6.07, 6.45) is 5.50. The lowest BCUT2D eigenvalue weighted by Crippen LogP contribution is -2.53. The predicted octanol–water partition coefficient (Wildman–Crippen LogP) is 1.65. The Bertz CT molecular complexity index is 305. The van der Waals surface area contributed by atoms with Gasteiger partial charge in [0.2, 0.25) is 0 Å². The smallest absolute Gasteiger partial charge is 0.370 e. The largest absolute Gasteiger partial charge is 0.407 e. The van der Waals surface area contributed by atoms with Crippen molar-refractivity contribution in [1.82, 2.24) is 0 Å². The quantitative estimate of drug-likeness (QED) is 0.747. The molecule has 1 saturated carbocycles. The minimum absolute atomic E-state index is 0.133. The third-order valence-corrected chi connectivity index (χ3v) is 6.27. The molecule has 0 unspecified atom stereocenters. The van der Waals surface area contributed by atoms with E-state index in [0.717, 1.165) is 30.9 Å². The standard InChI is InChI=1S/C12H18O2Si/c13-15(14,11-7-3-1-4-8-11)12-9-5-2-6-10-12/h1,3-4,7-8,12-14H,2,5-6,9-10H2. The molecule has 0 saturated heterocycles. The first-order valence-corrected chi connectivity index (χ1v) is 7.68. The molecule has 0 amide bonds. The van der Waals surface area contributed by atoms with Gasteiger partial charge in [-0.1, -0.05) is 49.6 Å². The van der Waals surface area contributed by atoms with Crippen molar-refractivity contribution in [3.63, 3.8) is 0 Å². The van der Waals surface area contributed by atoms with E-state index < -0.39 is 8.56 Å². The normalized spacial score (nSPS) is 19.1. The van der Waals surface area contributed by atoms with Crippen molar-refractivity contribution in [2.75, 3.05) is 0 Å². The van der Waals surface area contributed by atoms with Gasteiger partial charge in [0.25, 0.3) is 0 Å². The van der Waals surface area contributed by atoms with Crippen LogP contribution in [-0.4, -0.2) is 18.2 Å². The second-order valence-electron chi connectivity index (χ2n) is 4.43. The zero-order chi connectivity index (χ0) is 10.7. The van der Waals surface area contributed by atoms with Crippen LogP contribution in [0.4, 0.5) is 0 Å². The van der Waals surface area contributed by atoms with Crippen molar-refractivity contribution in [2.45, 2.75) is 37.6 Å². The summed E-state index contributed by atoms with van der Waals surface area (Å²) < 4.78 is 0. The first-order chi connectivity index (χ1) is 7.21. The lowest BCUT2D eigenvalue weighted by Gasteiger charge is -2.31. The molecule has 0 bridgehead atoms. The average molecular weight is 222 g/mol. The molecule has 2 N–H and O–H groups in total. The molecule has 0 atom stereocenters. The minimum Gasteiger partial charge on any atom is -0.407 e. The molecule has 15 heavy (non-hydrogen) atoms. The van der Waals surface area contributed by atoms with Crippen LogP contribution in [0.5, 0.6) is 0 Å². The Morgan fingerprint density at radius 1 is 0.933 bits per heavy atom. The maximum Gasteiger partial charge on any atom is 0.370 e. The van der Waals surface area contributed by atoms with E-state index in [9.17, 15) is 9.59 Å². The van der Waals surface area contributed by atoms with E-state index >= 15 is 0 Å². The van der Waals surface area contributed by atoms with Crippen molar-refractivity contribution < 1.29 is 9.59 Å². The number of hydrogen-bond donors (Lipinski definition) is 2. The first kappa shape index (κ1) is 10.9. The maximum atomic E-state index is 10.3. The van der Waals surface area contributed by atoms with Gasteiger partial charge in [-0.15, -0.1) is 0 Å². The van der Waals surface area contributed by atoms with E-state index in [2.05, 4.69) is 0 Å². The molecular weight excluding hydrogens is 204 g/mol. The highest BCUT2D eigenvalue weighted by Crippen LogP contribution is 2.34. The zero-order valence-corrected chi connectivity index (χ0v) is 9.89. The van der Waals surface area contributed by atoms with E-state index in [1.165, 1.54) is 6.42 Å². The van der Waals surface area contributed by atoms with E-state index in [1.807, 2.05) is 30.3 Å². The van der Waals surface area contributed by atoms with Crippen molar-refractivity contribution >= 4 is 13.7 Å². The molecule has 82 valence electrons. The molecule has 1 fully saturated rings. The van der Waals surface area contributed by atoms with Gasteiger partial charge in [-0.3, -0.25) is 0 Å². The average Bonchev–Trinajstić information content (AvgIpc) is 2.31. The van der Waals surface area contributed by atoms with E-state index in [-0.39, 0.29) is 5.54 Å². The Hall–Kier alpha value is -0.643. The highest BCUT2D eigenvalue weighted by molar-refractivity contribution is 6.80. The van der Waals surface area contributed by atoms with Crippen LogP contribution >= 0.6 is 0 Å². The summed E-state index contributed by atoms with van der Waals surface area (Å²) in [4.78, 5) is 20.6. The summed E-state index contributed by atoms with van der Waals surface area (Å²) in [5.41, 5.74) is 0.133. The van der Waals surface area contributed by atoms with E-state index in [1.54, 1.807) is 0 Å². The molecule has 1 aromatic carbocycles. The summed E-state index contributed by atoms with van der Waals surface area (Å²) in [5.74, 6) is 0. The third kappa shape index (κ3) is 2.30. The van der Waals surface area contributed by atoms with Crippen LogP contribution in [0.25, 0.3) is 0 Å². The van der Waals surface area contributed by atoms with Crippen LogP contribution in [0, 0.1) is 0 Å². The summed E-state index contributed by atoms with van der Waals surface area (Å²) in [6, 6.07) is 9.37. The third-order valence-electron chi connectivity index (χ3n) is 3.37. The van der Waals surface area contributed by atoms with Crippen LogP contribution in [0.15, 0.2) is 30.3 Å². The molecular formula is C12H18O2Si. The summed E-state index contributed by atoms with van der Waals surface area (Å²) in [5, 5.41) is 0.761. The molecule has 2 nitrogen and oxygen atoms in total. The Morgan fingerprint density at radius 2 is 1.53 bits per heavy atom. The van der Waals surface area contributed by atoms with Crippen LogP contribution in [0.2, 0.25) is 5.54 Å². The molecule has 1 aliphatic rings. The number of rotatable bonds is 2. The summed E-state index contributed by atoms with van der Waals surface area (Å²) in [6.45, 7) is 0. The number of benzene rings is 1. The van der Waals surface area contributed by atoms with Crippen LogP contribution in [0.1, 0.15) is 32.1 Å². The first-order valence-electron chi connectivity index (χ1n) is 5.71. The van der Waals surface area contributed by atoms with Gasteiger partial charge in [0, 0.05) is 5.54 Å². The fourth-order valence-electron chi connectivity index (χ4n) is 2.42. The molecule has 2 rings (SSSR count). The van der Waals surface area contributed by atoms with Gasteiger partial charge in [-0.25, -0.2) is 0 Å². The van der Waals surface area contributed by atoms with Gasteiger partial charge in [0.05, 0.1) is 0 Å². The molecule has 0 heterocycles. The Labute approximate surface area is 91.8 Å². The van der Waals surface area contributed by atoms with Gasteiger partial charge in [0.15, 0.2) is 0 Å². The molecule has 0 spiro atoms. The van der Waals surface area contributed by atoms with Crippen LogP contribution in [-0.2, 0) is 0 Å². The van der Waals surface area contributed by atoms with Gasteiger partial charge in [-0.2, -0.15) is 0 Å². The van der Waals surface area contributed by atoms with Crippen LogP contribution in [0.3, 0.4) is 0 Å². The minimum atomic E-state index is -3.18. The Balaban J connectivity index is 2.18. The van der Waals surface area contributed by atoms with Gasteiger partial charge < -0.3 is 9.59 Å². The monoisotopic (exact) mass is 222 g/mol. The summed E-state index contributed by atoms with van der Waals surface area (Å²) in [7, 11) is -3.18. The van der Waals surface area contributed by atoms with Crippen molar-refractivity contribution in [1.29, 1.82) is 0 Å². The topological polar surface area (TPSA) is 40.5 Å². The summed E-state index contributed by atoms with van der Waals surface area (Å²) >= 11 is 0. The van der Waals surface area contributed by atoms with Gasteiger partial charge in [-0.05, 0) is 18.0 Å². The van der Waals surface area contributed by atoms with Gasteiger partial charge >= 0.3 is 8.56 Å².